The Morgan fingerprint density at radius 2 is 2.00 bits per heavy atom. The van der Waals surface area contributed by atoms with Crippen molar-refractivity contribution in [1.29, 1.82) is 0 Å². The first-order chi connectivity index (χ1) is 8.90. The summed E-state index contributed by atoms with van der Waals surface area (Å²) in [5.74, 6) is -0.0629. The summed E-state index contributed by atoms with van der Waals surface area (Å²) >= 11 is 0. The molecule has 0 saturated carbocycles. The van der Waals surface area contributed by atoms with Gasteiger partial charge in [0, 0.05) is 13.7 Å². The van der Waals surface area contributed by atoms with Crippen LogP contribution in [0.3, 0.4) is 0 Å². The number of benzene rings is 1. The van der Waals surface area contributed by atoms with Crippen molar-refractivity contribution in [3.63, 3.8) is 0 Å². The minimum atomic E-state index is -0.0629. The molecule has 0 unspecified atom stereocenters. The molecule has 0 aliphatic carbocycles. The molecule has 1 aromatic rings. The van der Waals surface area contributed by atoms with Gasteiger partial charge in [-0.2, -0.15) is 0 Å². The van der Waals surface area contributed by atoms with Crippen LogP contribution in [0.1, 0.15) is 31.9 Å². The molecule has 0 aromatic heterocycles. The maximum atomic E-state index is 11.7. The van der Waals surface area contributed by atoms with Crippen LogP contribution < -0.4 is 5.32 Å². The third-order valence-electron chi connectivity index (χ3n) is 2.50. The predicted octanol–water partition coefficient (Wildman–Crippen LogP) is 3.05. The average molecular weight is 261 g/mol. The van der Waals surface area contributed by atoms with E-state index in [-0.39, 0.29) is 11.3 Å². The second-order valence-electron chi connectivity index (χ2n) is 5.67. The number of carbonyl (C=O) groups is 1. The summed E-state index contributed by atoms with van der Waals surface area (Å²) < 4.78 is 5.09. The van der Waals surface area contributed by atoms with Crippen molar-refractivity contribution >= 4 is 5.91 Å². The number of amides is 1. The van der Waals surface area contributed by atoms with Gasteiger partial charge >= 0.3 is 0 Å². The number of hydrogen-bond acceptors (Lipinski definition) is 2. The van der Waals surface area contributed by atoms with Crippen LogP contribution in [0.15, 0.2) is 36.4 Å². The summed E-state index contributed by atoms with van der Waals surface area (Å²) in [4.78, 5) is 11.7. The SMILES string of the molecule is COCc1cccc(CNC(=O)/C=C\C(C)(C)C)c1. The van der Waals surface area contributed by atoms with Crippen LogP contribution in [-0.4, -0.2) is 13.0 Å². The zero-order chi connectivity index (χ0) is 14.3. The largest absolute Gasteiger partial charge is 0.380 e. The van der Waals surface area contributed by atoms with Gasteiger partial charge in [-0.1, -0.05) is 51.1 Å². The zero-order valence-electron chi connectivity index (χ0n) is 12.2. The van der Waals surface area contributed by atoms with E-state index in [1.165, 1.54) is 0 Å². The average Bonchev–Trinajstić information content (AvgIpc) is 2.34. The van der Waals surface area contributed by atoms with Crippen molar-refractivity contribution in [2.24, 2.45) is 5.41 Å². The lowest BCUT2D eigenvalue weighted by Gasteiger charge is -2.11. The van der Waals surface area contributed by atoms with Gasteiger partial charge in [0.2, 0.25) is 5.91 Å². The molecule has 1 N–H and O–H groups in total. The Morgan fingerprint density at radius 3 is 2.63 bits per heavy atom. The van der Waals surface area contributed by atoms with Gasteiger partial charge in [0.05, 0.1) is 6.61 Å². The highest BCUT2D eigenvalue weighted by atomic mass is 16.5. The summed E-state index contributed by atoms with van der Waals surface area (Å²) in [5, 5.41) is 2.87. The van der Waals surface area contributed by atoms with Gasteiger partial charge < -0.3 is 10.1 Å². The van der Waals surface area contributed by atoms with E-state index in [1.54, 1.807) is 13.2 Å². The van der Waals surface area contributed by atoms with E-state index in [2.05, 4.69) is 26.1 Å². The molecule has 0 heterocycles. The number of rotatable bonds is 5. The van der Waals surface area contributed by atoms with Crippen LogP contribution in [0.2, 0.25) is 0 Å². The molecule has 19 heavy (non-hydrogen) atoms. The predicted molar refractivity (Wildman–Crippen MR) is 77.6 cm³/mol. The summed E-state index contributed by atoms with van der Waals surface area (Å²) in [6, 6.07) is 8.01. The van der Waals surface area contributed by atoms with E-state index in [4.69, 9.17) is 4.74 Å². The lowest BCUT2D eigenvalue weighted by Crippen LogP contribution is -2.21. The summed E-state index contributed by atoms with van der Waals surface area (Å²) in [5.41, 5.74) is 2.21. The lowest BCUT2D eigenvalue weighted by atomic mass is 9.96. The molecular weight excluding hydrogens is 238 g/mol. The van der Waals surface area contributed by atoms with Gasteiger partial charge in [0.1, 0.15) is 0 Å². The first kappa shape index (κ1) is 15.4. The maximum absolute atomic E-state index is 11.7. The van der Waals surface area contributed by atoms with Gasteiger partial charge in [-0.15, -0.1) is 0 Å². The Morgan fingerprint density at radius 1 is 1.32 bits per heavy atom. The number of carbonyl (C=O) groups excluding carboxylic acids is 1. The molecule has 0 radical (unpaired) electrons. The van der Waals surface area contributed by atoms with Crippen molar-refractivity contribution in [2.75, 3.05) is 7.11 Å². The molecule has 104 valence electrons. The molecule has 0 fully saturated rings. The smallest absolute Gasteiger partial charge is 0.243 e. The quantitative estimate of drug-likeness (QED) is 0.827. The topological polar surface area (TPSA) is 38.3 Å². The fourth-order valence-electron chi connectivity index (χ4n) is 1.57. The Bertz CT molecular complexity index is 444. The van der Waals surface area contributed by atoms with Crippen LogP contribution in [-0.2, 0) is 22.7 Å². The van der Waals surface area contributed by atoms with Crippen LogP contribution in [0.4, 0.5) is 0 Å². The first-order valence-electron chi connectivity index (χ1n) is 6.44. The second kappa shape index (κ2) is 7.10. The first-order valence-corrected chi connectivity index (χ1v) is 6.44. The van der Waals surface area contributed by atoms with Crippen molar-refractivity contribution in [2.45, 2.75) is 33.9 Å². The molecule has 0 atom stereocenters. The second-order valence-corrected chi connectivity index (χ2v) is 5.67. The number of methoxy groups -OCH3 is 1. The highest BCUT2D eigenvalue weighted by Gasteiger charge is 2.05. The van der Waals surface area contributed by atoms with Crippen molar-refractivity contribution in [1.82, 2.24) is 5.32 Å². The van der Waals surface area contributed by atoms with E-state index >= 15 is 0 Å². The van der Waals surface area contributed by atoms with Gasteiger partial charge in [-0.05, 0) is 22.6 Å². The third-order valence-corrected chi connectivity index (χ3v) is 2.50. The molecule has 3 heteroatoms. The van der Waals surface area contributed by atoms with E-state index in [1.807, 2.05) is 30.3 Å². The number of ether oxygens (including phenoxy) is 1. The molecule has 0 spiro atoms. The standard InChI is InChI=1S/C16H23NO2/c1-16(2,3)9-8-15(18)17-11-13-6-5-7-14(10-13)12-19-4/h5-10H,11-12H2,1-4H3,(H,17,18)/b9-8-. The number of nitrogens with one attached hydrogen (secondary N) is 1. The molecule has 0 aliphatic heterocycles. The number of hydrogen-bond donors (Lipinski definition) is 1. The van der Waals surface area contributed by atoms with Crippen LogP contribution in [0, 0.1) is 5.41 Å². The Kier molecular flexibility index (Phi) is 5.77. The van der Waals surface area contributed by atoms with Crippen molar-refractivity contribution in [3.05, 3.63) is 47.5 Å². The molecule has 0 bridgehead atoms. The minimum Gasteiger partial charge on any atom is -0.380 e. The molecule has 0 aliphatic rings. The Labute approximate surface area is 115 Å². The van der Waals surface area contributed by atoms with Crippen LogP contribution in [0.25, 0.3) is 0 Å². The maximum Gasteiger partial charge on any atom is 0.243 e. The van der Waals surface area contributed by atoms with Gasteiger partial charge in [0.15, 0.2) is 0 Å². The molecule has 1 aromatic carbocycles. The molecule has 3 nitrogen and oxygen atoms in total. The van der Waals surface area contributed by atoms with E-state index in [0.717, 1.165) is 11.1 Å². The van der Waals surface area contributed by atoms with E-state index < -0.39 is 0 Å². The third kappa shape index (κ3) is 6.77. The summed E-state index contributed by atoms with van der Waals surface area (Å²) in [7, 11) is 1.67. The Balaban J connectivity index is 2.50. The van der Waals surface area contributed by atoms with E-state index in [9.17, 15) is 4.79 Å². The van der Waals surface area contributed by atoms with Crippen molar-refractivity contribution in [3.8, 4) is 0 Å². The van der Waals surface area contributed by atoms with Gasteiger partial charge in [0.25, 0.3) is 0 Å². The van der Waals surface area contributed by atoms with Crippen LogP contribution >= 0.6 is 0 Å². The number of allylic oxidation sites excluding steroid dienone is 1. The van der Waals surface area contributed by atoms with Crippen molar-refractivity contribution < 1.29 is 9.53 Å². The zero-order valence-corrected chi connectivity index (χ0v) is 12.2. The highest BCUT2D eigenvalue weighted by Crippen LogP contribution is 2.14. The normalized spacial score (nSPS) is 11.8. The molecular formula is C16H23NO2. The lowest BCUT2D eigenvalue weighted by molar-refractivity contribution is -0.116. The van der Waals surface area contributed by atoms with Gasteiger partial charge in [-0.3, -0.25) is 4.79 Å². The summed E-state index contributed by atoms with van der Waals surface area (Å²) in [6.45, 7) is 7.30. The molecule has 0 saturated heterocycles. The molecule has 1 rings (SSSR count). The monoisotopic (exact) mass is 261 g/mol. The van der Waals surface area contributed by atoms with E-state index in [0.29, 0.717) is 13.2 Å². The highest BCUT2D eigenvalue weighted by molar-refractivity contribution is 5.87. The van der Waals surface area contributed by atoms with Gasteiger partial charge in [-0.25, -0.2) is 0 Å². The minimum absolute atomic E-state index is 0.0235. The summed E-state index contributed by atoms with van der Waals surface area (Å²) in [6.07, 6.45) is 3.50. The molecule has 1 amide bonds. The fraction of sp³-hybridized carbons (Fsp3) is 0.438. The van der Waals surface area contributed by atoms with Crippen LogP contribution in [0.5, 0.6) is 0 Å². The Hall–Kier alpha value is -1.61. The fourth-order valence-corrected chi connectivity index (χ4v) is 1.57.